The van der Waals surface area contributed by atoms with E-state index in [-0.39, 0.29) is 11.3 Å². The van der Waals surface area contributed by atoms with Gasteiger partial charge < -0.3 is 14.8 Å². The molecule has 0 bridgehead atoms. The Morgan fingerprint density at radius 1 is 1.35 bits per heavy atom. The van der Waals surface area contributed by atoms with Gasteiger partial charge in [-0.25, -0.2) is 4.98 Å². The lowest BCUT2D eigenvalue weighted by Crippen LogP contribution is -2.09. The first kappa shape index (κ1) is 14.8. The SMILES string of the molecule is C=CCc1cc(OC)c(O)c(-c2nc3ccccc3c(=O)[nH]2)c1. The molecule has 0 aliphatic rings. The van der Waals surface area contributed by atoms with Crippen molar-refractivity contribution in [1.29, 1.82) is 0 Å². The number of allylic oxidation sites excluding steroid dienone is 1. The first-order valence-corrected chi connectivity index (χ1v) is 7.14. The number of fused-ring (bicyclic) bond motifs is 1. The fourth-order valence-electron chi connectivity index (χ4n) is 2.50. The van der Waals surface area contributed by atoms with Gasteiger partial charge in [0.25, 0.3) is 5.56 Å². The number of benzene rings is 2. The number of nitrogens with zero attached hydrogens (tertiary/aromatic N) is 1. The number of methoxy groups -OCH3 is 1. The zero-order valence-electron chi connectivity index (χ0n) is 12.7. The highest BCUT2D eigenvalue weighted by molar-refractivity contribution is 5.80. The number of phenolic OH excluding ortho intramolecular Hbond substituents is 1. The Morgan fingerprint density at radius 3 is 2.87 bits per heavy atom. The van der Waals surface area contributed by atoms with E-state index in [2.05, 4.69) is 16.5 Å². The zero-order chi connectivity index (χ0) is 16.4. The van der Waals surface area contributed by atoms with Gasteiger partial charge in [0, 0.05) is 0 Å². The smallest absolute Gasteiger partial charge is 0.259 e. The monoisotopic (exact) mass is 308 g/mol. The molecule has 0 fully saturated rings. The van der Waals surface area contributed by atoms with Crippen molar-refractivity contribution < 1.29 is 9.84 Å². The third-order valence-electron chi connectivity index (χ3n) is 3.60. The Balaban J connectivity index is 2.27. The summed E-state index contributed by atoms with van der Waals surface area (Å²) in [5.74, 6) is 0.573. The van der Waals surface area contributed by atoms with Crippen LogP contribution in [0, 0.1) is 0 Å². The van der Waals surface area contributed by atoms with Crippen molar-refractivity contribution in [3.63, 3.8) is 0 Å². The summed E-state index contributed by atoms with van der Waals surface area (Å²) in [4.78, 5) is 19.4. The zero-order valence-corrected chi connectivity index (χ0v) is 12.7. The number of aromatic hydroxyl groups is 1. The van der Waals surface area contributed by atoms with Crippen molar-refractivity contribution in [2.24, 2.45) is 0 Å². The third-order valence-corrected chi connectivity index (χ3v) is 3.60. The predicted octanol–water partition coefficient (Wildman–Crippen LogP) is 3.03. The second-order valence-corrected chi connectivity index (χ2v) is 5.12. The minimum absolute atomic E-state index is 0.0567. The third kappa shape index (κ3) is 2.68. The average molecular weight is 308 g/mol. The maximum absolute atomic E-state index is 12.2. The summed E-state index contributed by atoms with van der Waals surface area (Å²) in [7, 11) is 1.48. The van der Waals surface area contributed by atoms with Gasteiger partial charge in [-0.1, -0.05) is 18.2 Å². The maximum Gasteiger partial charge on any atom is 0.259 e. The molecular formula is C18H16N2O3. The van der Waals surface area contributed by atoms with Crippen LogP contribution in [0.25, 0.3) is 22.3 Å². The molecule has 0 radical (unpaired) electrons. The number of ether oxygens (including phenoxy) is 1. The molecule has 116 valence electrons. The van der Waals surface area contributed by atoms with E-state index >= 15 is 0 Å². The molecule has 23 heavy (non-hydrogen) atoms. The summed E-state index contributed by atoms with van der Waals surface area (Å²) >= 11 is 0. The van der Waals surface area contributed by atoms with Gasteiger partial charge >= 0.3 is 0 Å². The lowest BCUT2D eigenvalue weighted by atomic mass is 10.0. The van der Waals surface area contributed by atoms with Gasteiger partial charge in [0.1, 0.15) is 5.82 Å². The number of H-pyrrole nitrogens is 1. The van der Waals surface area contributed by atoms with Crippen LogP contribution in [0.4, 0.5) is 0 Å². The molecule has 3 rings (SSSR count). The molecule has 0 saturated heterocycles. The molecule has 0 aliphatic heterocycles. The average Bonchev–Trinajstić information content (AvgIpc) is 2.56. The van der Waals surface area contributed by atoms with E-state index in [1.54, 1.807) is 36.4 Å². The Labute approximate surface area is 132 Å². The second kappa shape index (κ2) is 5.96. The van der Waals surface area contributed by atoms with Gasteiger partial charge in [0.2, 0.25) is 0 Å². The molecule has 0 unspecified atom stereocenters. The number of phenols is 1. The van der Waals surface area contributed by atoms with Crippen molar-refractivity contribution in [3.8, 4) is 22.9 Å². The van der Waals surface area contributed by atoms with Gasteiger partial charge in [-0.05, 0) is 36.2 Å². The molecule has 0 atom stereocenters. The van der Waals surface area contributed by atoms with Crippen molar-refractivity contribution in [2.75, 3.05) is 7.11 Å². The highest BCUT2D eigenvalue weighted by Gasteiger charge is 2.15. The molecule has 0 amide bonds. The summed E-state index contributed by atoms with van der Waals surface area (Å²) in [6.07, 6.45) is 2.37. The van der Waals surface area contributed by atoms with Crippen LogP contribution in [0.15, 0.2) is 53.8 Å². The van der Waals surface area contributed by atoms with E-state index in [0.717, 1.165) is 5.56 Å². The van der Waals surface area contributed by atoms with Gasteiger partial charge in [0.15, 0.2) is 11.5 Å². The standard InChI is InChI=1S/C18H16N2O3/c1-3-6-11-9-13(16(21)15(10-11)23-2)17-19-14-8-5-4-7-12(14)18(22)20-17/h3-5,7-10,21H,1,6H2,2H3,(H,19,20,22). The van der Waals surface area contributed by atoms with Crippen LogP contribution < -0.4 is 10.3 Å². The number of aromatic nitrogens is 2. The topological polar surface area (TPSA) is 75.2 Å². The maximum atomic E-state index is 12.2. The first-order chi connectivity index (χ1) is 11.1. The van der Waals surface area contributed by atoms with Crippen LogP contribution in [-0.4, -0.2) is 22.2 Å². The van der Waals surface area contributed by atoms with E-state index in [4.69, 9.17) is 4.74 Å². The Bertz CT molecular complexity index is 945. The number of aromatic amines is 1. The first-order valence-electron chi connectivity index (χ1n) is 7.14. The van der Waals surface area contributed by atoms with Crippen molar-refractivity contribution in [1.82, 2.24) is 9.97 Å². The Kier molecular flexibility index (Phi) is 3.85. The normalized spacial score (nSPS) is 10.7. The van der Waals surface area contributed by atoms with Gasteiger partial charge in [-0.2, -0.15) is 0 Å². The van der Waals surface area contributed by atoms with Crippen LogP contribution in [0.2, 0.25) is 0 Å². The number of hydrogen-bond acceptors (Lipinski definition) is 4. The van der Waals surface area contributed by atoms with Crippen molar-refractivity contribution in [3.05, 3.63) is 65.0 Å². The number of hydrogen-bond donors (Lipinski definition) is 2. The van der Waals surface area contributed by atoms with Gasteiger partial charge in [-0.3, -0.25) is 4.79 Å². The highest BCUT2D eigenvalue weighted by Crippen LogP contribution is 2.37. The minimum Gasteiger partial charge on any atom is -0.504 e. The summed E-state index contributed by atoms with van der Waals surface area (Å²) in [5, 5.41) is 10.9. The number of para-hydroxylation sites is 1. The minimum atomic E-state index is -0.252. The quantitative estimate of drug-likeness (QED) is 0.726. The predicted molar refractivity (Wildman–Crippen MR) is 89.9 cm³/mol. The second-order valence-electron chi connectivity index (χ2n) is 5.12. The summed E-state index contributed by atoms with van der Waals surface area (Å²) in [5.41, 5.74) is 1.64. The Morgan fingerprint density at radius 2 is 2.13 bits per heavy atom. The summed E-state index contributed by atoms with van der Waals surface area (Å²) in [6.45, 7) is 3.71. The summed E-state index contributed by atoms with van der Waals surface area (Å²) < 4.78 is 5.21. The lowest BCUT2D eigenvalue weighted by Gasteiger charge is -2.11. The number of rotatable bonds is 4. The molecule has 0 spiro atoms. The molecule has 5 heteroatoms. The van der Waals surface area contributed by atoms with Crippen LogP contribution in [-0.2, 0) is 6.42 Å². The fraction of sp³-hybridized carbons (Fsp3) is 0.111. The largest absolute Gasteiger partial charge is 0.504 e. The molecule has 2 aromatic carbocycles. The van der Waals surface area contributed by atoms with Crippen LogP contribution in [0.5, 0.6) is 11.5 Å². The van der Waals surface area contributed by atoms with Crippen LogP contribution in [0.1, 0.15) is 5.56 Å². The molecule has 5 nitrogen and oxygen atoms in total. The van der Waals surface area contributed by atoms with Gasteiger partial charge in [-0.15, -0.1) is 6.58 Å². The molecule has 0 aliphatic carbocycles. The number of nitrogens with one attached hydrogen (secondary N) is 1. The van der Waals surface area contributed by atoms with E-state index in [1.165, 1.54) is 7.11 Å². The molecule has 3 aromatic rings. The molecule has 0 saturated carbocycles. The molecule has 1 heterocycles. The Hall–Kier alpha value is -3.08. The lowest BCUT2D eigenvalue weighted by molar-refractivity contribution is 0.374. The van der Waals surface area contributed by atoms with E-state index < -0.39 is 0 Å². The fourth-order valence-corrected chi connectivity index (χ4v) is 2.50. The van der Waals surface area contributed by atoms with E-state index in [1.807, 2.05) is 6.07 Å². The van der Waals surface area contributed by atoms with Crippen molar-refractivity contribution in [2.45, 2.75) is 6.42 Å². The van der Waals surface area contributed by atoms with Crippen LogP contribution >= 0.6 is 0 Å². The van der Waals surface area contributed by atoms with Crippen LogP contribution in [0.3, 0.4) is 0 Å². The molecule has 1 aromatic heterocycles. The highest BCUT2D eigenvalue weighted by atomic mass is 16.5. The van der Waals surface area contributed by atoms with E-state index in [0.29, 0.717) is 34.5 Å². The van der Waals surface area contributed by atoms with Gasteiger partial charge in [0.05, 0.1) is 23.6 Å². The van der Waals surface area contributed by atoms with Crippen molar-refractivity contribution >= 4 is 10.9 Å². The molecule has 2 N–H and O–H groups in total. The van der Waals surface area contributed by atoms with E-state index in [9.17, 15) is 9.90 Å². The molecular weight excluding hydrogens is 292 g/mol. The summed E-state index contributed by atoms with van der Waals surface area (Å²) in [6, 6.07) is 10.6.